The standard InChI is InChI=1S/C19H13F3N6O/c1-28-16(9-15(27-28)19(20,21)22)26-18(29)12-4-3-11-7-13(10-25-14(11)8-12)17-23-5-2-6-24-17/h2-10H,1H3,(H,26,29). The van der Waals surface area contributed by atoms with Crippen molar-refractivity contribution in [1.82, 2.24) is 24.7 Å². The summed E-state index contributed by atoms with van der Waals surface area (Å²) in [4.78, 5) is 25.2. The van der Waals surface area contributed by atoms with Gasteiger partial charge < -0.3 is 5.32 Å². The summed E-state index contributed by atoms with van der Waals surface area (Å²) in [7, 11) is 1.32. The molecule has 0 aliphatic rings. The Balaban J connectivity index is 1.60. The highest BCUT2D eigenvalue weighted by atomic mass is 19.4. The van der Waals surface area contributed by atoms with Crippen LogP contribution in [0.3, 0.4) is 0 Å². The van der Waals surface area contributed by atoms with Crippen LogP contribution in [0.25, 0.3) is 22.3 Å². The Kier molecular flexibility index (Phi) is 4.45. The number of rotatable bonds is 3. The summed E-state index contributed by atoms with van der Waals surface area (Å²) in [6.07, 6.45) is 0.259. The van der Waals surface area contributed by atoms with Gasteiger partial charge in [0, 0.05) is 48.2 Å². The molecule has 0 saturated carbocycles. The maximum absolute atomic E-state index is 12.8. The SMILES string of the molecule is Cn1nc(C(F)(F)F)cc1NC(=O)c1ccc2cc(-c3ncccn3)cnc2c1. The van der Waals surface area contributed by atoms with Gasteiger partial charge in [0.1, 0.15) is 5.82 Å². The van der Waals surface area contributed by atoms with Crippen molar-refractivity contribution in [2.24, 2.45) is 7.05 Å². The predicted octanol–water partition coefficient (Wildman–Crippen LogP) is 3.70. The lowest BCUT2D eigenvalue weighted by Crippen LogP contribution is -2.14. The molecule has 1 N–H and O–H groups in total. The number of aryl methyl sites for hydroxylation is 1. The van der Waals surface area contributed by atoms with Crippen molar-refractivity contribution >= 4 is 22.6 Å². The van der Waals surface area contributed by atoms with Gasteiger partial charge in [0.25, 0.3) is 5.91 Å². The Hall–Kier alpha value is -3.82. The van der Waals surface area contributed by atoms with Gasteiger partial charge in [-0.25, -0.2) is 9.97 Å². The molecule has 0 saturated heterocycles. The highest BCUT2D eigenvalue weighted by molar-refractivity contribution is 6.05. The Morgan fingerprint density at radius 1 is 1.07 bits per heavy atom. The summed E-state index contributed by atoms with van der Waals surface area (Å²) in [5, 5.41) is 6.57. The van der Waals surface area contributed by atoms with Gasteiger partial charge in [-0.15, -0.1) is 0 Å². The van der Waals surface area contributed by atoms with Gasteiger partial charge in [-0.3, -0.25) is 14.5 Å². The van der Waals surface area contributed by atoms with E-state index in [-0.39, 0.29) is 11.4 Å². The lowest BCUT2D eigenvalue weighted by molar-refractivity contribution is -0.141. The molecule has 1 amide bonds. The fraction of sp³-hybridized carbons (Fsp3) is 0.105. The first-order valence-electron chi connectivity index (χ1n) is 8.41. The fourth-order valence-corrected chi connectivity index (χ4v) is 2.74. The third kappa shape index (κ3) is 3.77. The second-order valence-corrected chi connectivity index (χ2v) is 6.19. The third-order valence-electron chi connectivity index (χ3n) is 4.18. The van der Waals surface area contributed by atoms with Crippen LogP contribution < -0.4 is 5.32 Å². The van der Waals surface area contributed by atoms with Crippen LogP contribution in [-0.2, 0) is 13.2 Å². The second-order valence-electron chi connectivity index (χ2n) is 6.19. The number of pyridine rings is 1. The molecule has 0 spiro atoms. The summed E-state index contributed by atoms with van der Waals surface area (Å²) in [6.45, 7) is 0. The van der Waals surface area contributed by atoms with E-state index in [0.717, 1.165) is 21.7 Å². The summed E-state index contributed by atoms with van der Waals surface area (Å²) >= 11 is 0. The number of carbonyl (C=O) groups is 1. The average molecular weight is 398 g/mol. The van der Waals surface area contributed by atoms with E-state index in [1.807, 2.05) is 6.07 Å². The number of aromatic nitrogens is 5. The Morgan fingerprint density at radius 2 is 1.83 bits per heavy atom. The molecule has 1 aromatic carbocycles. The lowest BCUT2D eigenvalue weighted by atomic mass is 10.1. The number of hydrogen-bond donors (Lipinski definition) is 1. The van der Waals surface area contributed by atoms with E-state index in [4.69, 9.17) is 0 Å². The van der Waals surface area contributed by atoms with Gasteiger partial charge in [0.2, 0.25) is 0 Å². The molecule has 0 bridgehead atoms. The molecule has 0 unspecified atom stereocenters. The van der Waals surface area contributed by atoms with Gasteiger partial charge in [-0.05, 0) is 24.3 Å². The maximum atomic E-state index is 12.8. The zero-order valence-electron chi connectivity index (χ0n) is 15.0. The molecule has 0 radical (unpaired) electrons. The first kappa shape index (κ1) is 18.5. The number of nitrogens with one attached hydrogen (secondary N) is 1. The zero-order valence-corrected chi connectivity index (χ0v) is 15.0. The Labute approximate surface area is 162 Å². The van der Waals surface area contributed by atoms with Crippen LogP contribution in [0.4, 0.5) is 19.0 Å². The molecule has 4 aromatic rings. The number of fused-ring (bicyclic) bond motifs is 1. The monoisotopic (exact) mass is 398 g/mol. The molecule has 4 rings (SSSR count). The Bertz CT molecular complexity index is 1200. The van der Waals surface area contributed by atoms with Gasteiger partial charge in [0.05, 0.1) is 5.52 Å². The van der Waals surface area contributed by atoms with E-state index in [1.165, 1.54) is 7.05 Å². The number of alkyl halides is 3. The molecule has 0 aliphatic carbocycles. The number of nitrogens with zero attached hydrogens (tertiary/aromatic N) is 5. The van der Waals surface area contributed by atoms with Crippen LogP contribution in [0, 0.1) is 0 Å². The van der Waals surface area contributed by atoms with Crippen molar-refractivity contribution in [1.29, 1.82) is 0 Å². The molecule has 146 valence electrons. The van der Waals surface area contributed by atoms with Crippen LogP contribution >= 0.6 is 0 Å². The van der Waals surface area contributed by atoms with E-state index in [0.29, 0.717) is 11.3 Å². The molecule has 0 aliphatic heterocycles. The average Bonchev–Trinajstić information content (AvgIpc) is 3.08. The van der Waals surface area contributed by atoms with Crippen molar-refractivity contribution in [3.05, 3.63) is 66.2 Å². The summed E-state index contributed by atoms with van der Waals surface area (Å²) in [5.74, 6) is -0.103. The van der Waals surface area contributed by atoms with Crippen molar-refractivity contribution in [3.63, 3.8) is 0 Å². The normalized spacial score (nSPS) is 11.6. The van der Waals surface area contributed by atoms with Gasteiger partial charge in [-0.2, -0.15) is 18.3 Å². The van der Waals surface area contributed by atoms with Crippen molar-refractivity contribution in [2.45, 2.75) is 6.18 Å². The predicted molar refractivity (Wildman–Crippen MR) is 98.9 cm³/mol. The molecule has 3 aromatic heterocycles. The Morgan fingerprint density at radius 3 is 2.52 bits per heavy atom. The van der Waals surface area contributed by atoms with Crippen LogP contribution in [0.5, 0.6) is 0 Å². The molecule has 3 heterocycles. The zero-order chi connectivity index (χ0) is 20.6. The maximum Gasteiger partial charge on any atom is 0.435 e. The molecule has 0 atom stereocenters. The summed E-state index contributed by atoms with van der Waals surface area (Å²) in [5.41, 5.74) is 0.456. The largest absolute Gasteiger partial charge is 0.435 e. The quantitative estimate of drug-likeness (QED) is 0.569. The minimum Gasteiger partial charge on any atom is -0.307 e. The second kappa shape index (κ2) is 6.97. The lowest BCUT2D eigenvalue weighted by Gasteiger charge is -2.07. The highest BCUT2D eigenvalue weighted by Gasteiger charge is 2.34. The number of carbonyl (C=O) groups excluding carboxylic acids is 1. The molecule has 0 fully saturated rings. The van der Waals surface area contributed by atoms with Crippen LogP contribution in [-0.4, -0.2) is 30.6 Å². The number of hydrogen-bond acceptors (Lipinski definition) is 5. The first-order valence-corrected chi connectivity index (χ1v) is 8.41. The first-order chi connectivity index (χ1) is 13.8. The molecular weight excluding hydrogens is 385 g/mol. The summed E-state index contributed by atoms with van der Waals surface area (Å²) < 4.78 is 39.3. The number of amides is 1. The number of benzene rings is 1. The van der Waals surface area contributed by atoms with Crippen LogP contribution in [0.2, 0.25) is 0 Å². The van der Waals surface area contributed by atoms with E-state index in [9.17, 15) is 18.0 Å². The van der Waals surface area contributed by atoms with Crippen LogP contribution in [0.1, 0.15) is 16.1 Å². The van der Waals surface area contributed by atoms with Crippen molar-refractivity contribution < 1.29 is 18.0 Å². The van der Waals surface area contributed by atoms with Gasteiger partial charge >= 0.3 is 6.18 Å². The number of anilines is 1. The van der Waals surface area contributed by atoms with Crippen LogP contribution in [0.15, 0.2) is 55.0 Å². The van der Waals surface area contributed by atoms with E-state index in [2.05, 4.69) is 25.4 Å². The smallest absolute Gasteiger partial charge is 0.307 e. The minimum absolute atomic E-state index is 0.0630. The molecular formula is C19H13F3N6O. The van der Waals surface area contributed by atoms with E-state index >= 15 is 0 Å². The topological polar surface area (TPSA) is 85.6 Å². The van der Waals surface area contributed by atoms with Gasteiger partial charge in [-0.1, -0.05) is 6.07 Å². The van der Waals surface area contributed by atoms with E-state index < -0.39 is 17.8 Å². The minimum atomic E-state index is -4.59. The van der Waals surface area contributed by atoms with Crippen molar-refractivity contribution in [3.8, 4) is 11.4 Å². The molecule has 29 heavy (non-hydrogen) atoms. The molecule has 10 heteroatoms. The highest BCUT2D eigenvalue weighted by Crippen LogP contribution is 2.30. The van der Waals surface area contributed by atoms with Crippen molar-refractivity contribution in [2.75, 3.05) is 5.32 Å². The molecule has 7 nitrogen and oxygen atoms in total. The fourth-order valence-electron chi connectivity index (χ4n) is 2.74. The van der Waals surface area contributed by atoms with E-state index in [1.54, 1.807) is 42.9 Å². The third-order valence-corrected chi connectivity index (χ3v) is 4.18. The summed E-state index contributed by atoms with van der Waals surface area (Å²) in [6, 6.07) is 9.16. The van der Waals surface area contributed by atoms with Gasteiger partial charge in [0.15, 0.2) is 11.5 Å². The number of halogens is 3.